The van der Waals surface area contributed by atoms with Gasteiger partial charge in [0.15, 0.2) is 0 Å². The molecule has 14 heavy (non-hydrogen) atoms. The van der Waals surface area contributed by atoms with Crippen molar-refractivity contribution in [1.29, 1.82) is 0 Å². The molecule has 0 radical (unpaired) electrons. The molecule has 0 saturated heterocycles. The molecule has 6 heteroatoms. The molecule has 0 aromatic carbocycles. The van der Waals surface area contributed by atoms with Gasteiger partial charge in [-0.2, -0.15) is 0 Å². The summed E-state index contributed by atoms with van der Waals surface area (Å²) in [5.41, 5.74) is 4.73. The van der Waals surface area contributed by atoms with Crippen molar-refractivity contribution in [2.45, 2.75) is 26.7 Å². The average Bonchev–Trinajstić information content (AvgIpc) is 2.05. The van der Waals surface area contributed by atoms with Crippen molar-refractivity contribution in [1.82, 2.24) is 4.72 Å². The Balaban J connectivity index is 4.79. The van der Waals surface area contributed by atoms with Crippen LogP contribution >= 0.6 is 0 Å². The van der Waals surface area contributed by atoms with E-state index in [0.717, 1.165) is 6.26 Å². The van der Waals surface area contributed by atoms with E-state index in [1.54, 1.807) is 0 Å². The first-order chi connectivity index (χ1) is 6.31. The average molecular weight is 222 g/mol. The number of nitrogens with one attached hydrogen (secondary N) is 1. The van der Waals surface area contributed by atoms with E-state index in [4.69, 9.17) is 5.73 Å². The normalized spacial score (nSPS) is 12.6. The summed E-state index contributed by atoms with van der Waals surface area (Å²) >= 11 is 0. The molecule has 3 N–H and O–H groups in total. The summed E-state index contributed by atoms with van der Waals surface area (Å²) in [5, 5.41) is 0. The number of hydrogen-bond donors (Lipinski definition) is 2. The van der Waals surface area contributed by atoms with Crippen LogP contribution in [0.4, 0.5) is 0 Å². The van der Waals surface area contributed by atoms with Crippen molar-refractivity contribution < 1.29 is 13.2 Å². The molecule has 0 saturated carbocycles. The van der Waals surface area contributed by atoms with E-state index in [2.05, 4.69) is 0 Å². The third-order valence-electron chi connectivity index (χ3n) is 2.50. The van der Waals surface area contributed by atoms with Crippen LogP contribution in [0.2, 0.25) is 0 Å². The van der Waals surface area contributed by atoms with E-state index in [-0.39, 0.29) is 6.54 Å². The molecule has 0 aromatic rings. The van der Waals surface area contributed by atoms with E-state index in [0.29, 0.717) is 12.8 Å². The molecule has 0 atom stereocenters. The van der Waals surface area contributed by atoms with E-state index in [1.165, 1.54) is 0 Å². The summed E-state index contributed by atoms with van der Waals surface area (Å²) in [7, 11) is -3.49. The van der Waals surface area contributed by atoms with Gasteiger partial charge in [0.2, 0.25) is 15.9 Å². The molecule has 0 spiro atoms. The third kappa shape index (κ3) is 3.26. The molecular weight excluding hydrogens is 204 g/mol. The Hall–Kier alpha value is -0.620. The number of sulfonamides is 1. The lowest BCUT2D eigenvalue weighted by molar-refractivity contribution is -0.129. The minimum absolute atomic E-state index is 0.154. The molecular formula is C8H18N2O3S. The summed E-state index contributed by atoms with van der Waals surface area (Å²) in [6, 6.07) is 0. The predicted molar refractivity (Wildman–Crippen MR) is 55.1 cm³/mol. The highest BCUT2D eigenvalue weighted by Crippen LogP contribution is 2.25. The number of amides is 1. The Morgan fingerprint density at radius 2 is 1.79 bits per heavy atom. The van der Waals surface area contributed by atoms with Crippen LogP contribution in [0.5, 0.6) is 0 Å². The first-order valence-corrected chi connectivity index (χ1v) is 6.42. The Kier molecular flexibility index (Phi) is 4.54. The highest BCUT2D eigenvalue weighted by atomic mass is 32.2. The predicted octanol–water partition coefficient (Wildman–Crippen LogP) is -0.173. The summed E-state index contributed by atoms with van der Waals surface area (Å²) in [6.07, 6.45) is 2.01. The Bertz CT molecular complexity index is 285. The Morgan fingerprint density at radius 3 is 2.00 bits per heavy atom. The van der Waals surface area contributed by atoms with Gasteiger partial charge in [-0.15, -0.1) is 0 Å². The van der Waals surface area contributed by atoms with Crippen LogP contribution in [0, 0.1) is 5.41 Å². The molecule has 1 amide bonds. The van der Waals surface area contributed by atoms with Crippen LogP contribution < -0.4 is 10.5 Å². The van der Waals surface area contributed by atoms with Gasteiger partial charge >= 0.3 is 0 Å². The number of nitrogens with two attached hydrogens (primary N) is 1. The standard InChI is InChI=1S/C8H18N2O3S/c1-4-8(5-2,6-9)7(11)10-14(3,12)13/h4-6,9H2,1-3H3,(H,10,11). The maximum absolute atomic E-state index is 11.6. The second-order valence-corrected chi connectivity index (χ2v) is 5.14. The Morgan fingerprint density at radius 1 is 1.36 bits per heavy atom. The second-order valence-electron chi connectivity index (χ2n) is 3.39. The topological polar surface area (TPSA) is 89.3 Å². The van der Waals surface area contributed by atoms with Gasteiger partial charge in [0.1, 0.15) is 0 Å². The second kappa shape index (κ2) is 4.75. The first kappa shape index (κ1) is 13.4. The van der Waals surface area contributed by atoms with E-state index in [9.17, 15) is 13.2 Å². The fraction of sp³-hybridized carbons (Fsp3) is 0.875. The van der Waals surface area contributed by atoms with E-state index in [1.807, 2.05) is 18.6 Å². The van der Waals surface area contributed by atoms with Crippen molar-refractivity contribution >= 4 is 15.9 Å². The zero-order valence-corrected chi connectivity index (χ0v) is 9.65. The monoisotopic (exact) mass is 222 g/mol. The number of rotatable bonds is 5. The van der Waals surface area contributed by atoms with Crippen molar-refractivity contribution in [3.05, 3.63) is 0 Å². The van der Waals surface area contributed by atoms with Crippen molar-refractivity contribution in [2.75, 3.05) is 12.8 Å². The molecule has 0 aliphatic heterocycles. The number of hydrogen-bond acceptors (Lipinski definition) is 4. The molecule has 0 bridgehead atoms. The van der Waals surface area contributed by atoms with Crippen LogP contribution in [0.25, 0.3) is 0 Å². The van der Waals surface area contributed by atoms with Gasteiger partial charge in [0, 0.05) is 6.54 Å². The molecule has 0 aromatic heterocycles. The fourth-order valence-corrected chi connectivity index (χ4v) is 1.78. The smallest absolute Gasteiger partial charge is 0.240 e. The van der Waals surface area contributed by atoms with E-state index >= 15 is 0 Å². The minimum Gasteiger partial charge on any atom is -0.329 e. The van der Waals surface area contributed by atoms with Crippen molar-refractivity contribution in [2.24, 2.45) is 11.1 Å². The van der Waals surface area contributed by atoms with Crippen LogP contribution in [0.3, 0.4) is 0 Å². The van der Waals surface area contributed by atoms with Gasteiger partial charge in [-0.05, 0) is 12.8 Å². The number of carbonyl (C=O) groups is 1. The van der Waals surface area contributed by atoms with Crippen LogP contribution in [0.15, 0.2) is 0 Å². The molecule has 0 aliphatic carbocycles. The molecule has 0 rings (SSSR count). The maximum Gasteiger partial charge on any atom is 0.240 e. The van der Waals surface area contributed by atoms with Gasteiger partial charge in [-0.25, -0.2) is 8.42 Å². The molecule has 0 heterocycles. The van der Waals surface area contributed by atoms with Crippen molar-refractivity contribution in [3.63, 3.8) is 0 Å². The SMILES string of the molecule is CCC(CC)(CN)C(=O)NS(C)(=O)=O. The van der Waals surface area contributed by atoms with Crippen molar-refractivity contribution in [3.8, 4) is 0 Å². The fourth-order valence-electron chi connectivity index (χ4n) is 1.23. The molecule has 5 nitrogen and oxygen atoms in total. The quantitative estimate of drug-likeness (QED) is 0.675. The van der Waals surface area contributed by atoms with Crippen LogP contribution in [-0.4, -0.2) is 27.1 Å². The summed E-state index contributed by atoms with van der Waals surface area (Å²) in [4.78, 5) is 11.6. The zero-order chi connectivity index (χ0) is 11.4. The first-order valence-electron chi connectivity index (χ1n) is 4.53. The lowest BCUT2D eigenvalue weighted by atomic mass is 9.82. The summed E-state index contributed by atoms with van der Waals surface area (Å²) in [6.45, 7) is 3.79. The van der Waals surface area contributed by atoms with Gasteiger partial charge in [0.05, 0.1) is 11.7 Å². The Labute approximate surface area is 85.1 Å². The largest absolute Gasteiger partial charge is 0.329 e. The minimum atomic E-state index is -3.49. The van der Waals surface area contributed by atoms with Gasteiger partial charge in [0.25, 0.3) is 0 Å². The highest BCUT2D eigenvalue weighted by Gasteiger charge is 2.34. The zero-order valence-electron chi connectivity index (χ0n) is 8.83. The van der Waals surface area contributed by atoms with Crippen LogP contribution in [-0.2, 0) is 14.8 Å². The maximum atomic E-state index is 11.6. The van der Waals surface area contributed by atoms with E-state index < -0.39 is 21.3 Å². The summed E-state index contributed by atoms with van der Waals surface area (Å²) < 4.78 is 23.7. The molecule has 0 unspecified atom stereocenters. The molecule has 0 fully saturated rings. The molecule has 84 valence electrons. The highest BCUT2D eigenvalue weighted by molar-refractivity contribution is 7.89. The molecule has 0 aliphatic rings. The van der Waals surface area contributed by atoms with Gasteiger partial charge in [-0.1, -0.05) is 13.8 Å². The lowest BCUT2D eigenvalue weighted by Crippen LogP contribution is -2.46. The third-order valence-corrected chi connectivity index (χ3v) is 3.06. The summed E-state index contributed by atoms with van der Waals surface area (Å²) in [5.74, 6) is -0.507. The van der Waals surface area contributed by atoms with Gasteiger partial charge in [-0.3, -0.25) is 9.52 Å². The lowest BCUT2D eigenvalue weighted by Gasteiger charge is -2.27. The van der Waals surface area contributed by atoms with Gasteiger partial charge < -0.3 is 5.73 Å². The van der Waals surface area contributed by atoms with Crippen LogP contribution in [0.1, 0.15) is 26.7 Å². The number of carbonyl (C=O) groups excluding carboxylic acids is 1.